The van der Waals surface area contributed by atoms with Crippen molar-refractivity contribution in [3.8, 4) is 0 Å². The highest BCUT2D eigenvalue weighted by atomic mass is 19.1. The molecule has 0 fully saturated rings. The van der Waals surface area contributed by atoms with Crippen LogP contribution in [0.2, 0.25) is 0 Å². The molecule has 68 valence electrons. The largest absolute Gasteiger partial charge is 0.361 e. The van der Waals surface area contributed by atoms with Gasteiger partial charge in [-0.1, -0.05) is 19.0 Å². The van der Waals surface area contributed by atoms with Gasteiger partial charge in [0.1, 0.15) is 11.5 Å². The fraction of sp³-hybridized carbons (Fsp3) is 0.625. The molecule has 0 amide bonds. The van der Waals surface area contributed by atoms with E-state index in [0.29, 0.717) is 11.5 Å². The van der Waals surface area contributed by atoms with Gasteiger partial charge in [0.05, 0.1) is 0 Å². The summed E-state index contributed by atoms with van der Waals surface area (Å²) in [6, 6.07) is 1.61. The van der Waals surface area contributed by atoms with Gasteiger partial charge in [0.25, 0.3) is 0 Å². The Kier molecular flexibility index (Phi) is 2.81. The summed E-state index contributed by atoms with van der Waals surface area (Å²) >= 11 is 0. The van der Waals surface area contributed by atoms with Crippen LogP contribution in [0.4, 0.5) is 4.39 Å². The van der Waals surface area contributed by atoms with E-state index in [2.05, 4.69) is 5.16 Å². The third kappa shape index (κ3) is 1.82. The Morgan fingerprint density at radius 3 is 2.75 bits per heavy atom. The van der Waals surface area contributed by atoms with E-state index < -0.39 is 6.17 Å². The second kappa shape index (κ2) is 3.67. The first-order chi connectivity index (χ1) is 5.65. The van der Waals surface area contributed by atoms with Gasteiger partial charge >= 0.3 is 0 Å². The molecule has 0 saturated heterocycles. The predicted octanol–water partition coefficient (Wildman–Crippen LogP) is 1.77. The lowest BCUT2D eigenvalue weighted by Crippen LogP contribution is -2.07. The lowest BCUT2D eigenvalue weighted by Gasteiger charge is -1.96. The Balaban J connectivity index is 2.77. The van der Waals surface area contributed by atoms with E-state index in [1.165, 1.54) is 0 Å². The molecule has 1 aromatic heterocycles. The smallest absolute Gasteiger partial charge is 0.157 e. The number of hydrogen-bond acceptors (Lipinski definition) is 3. The summed E-state index contributed by atoms with van der Waals surface area (Å²) in [6.07, 6.45) is -1.21. The van der Waals surface area contributed by atoms with Crippen molar-refractivity contribution in [2.45, 2.75) is 25.9 Å². The number of alkyl halides is 1. The van der Waals surface area contributed by atoms with Crippen LogP contribution in [0.25, 0.3) is 0 Å². The van der Waals surface area contributed by atoms with Gasteiger partial charge in [-0.15, -0.1) is 0 Å². The maximum Gasteiger partial charge on any atom is 0.157 e. The van der Waals surface area contributed by atoms with Gasteiger partial charge in [0.15, 0.2) is 6.17 Å². The number of nitrogens with two attached hydrogens (primary N) is 1. The van der Waals surface area contributed by atoms with Gasteiger partial charge in [0.2, 0.25) is 0 Å². The summed E-state index contributed by atoms with van der Waals surface area (Å²) in [6.45, 7) is 3.87. The minimum atomic E-state index is -1.21. The van der Waals surface area contributed by atoms with E-state index in [1.54, 1.807) is 6.07 Å². The highest BCUT2D eigenvalue weighted by Gasteiger charge is 2.14. The van der Waals surface area contributed by atoms with E-state index >= 15 is 0 Å². The average Bonchev–Trinajstić information content (AvgIpc) is 2.51. The zero-order chi connectivity index (χ0) is 9.14. The number of nitrogens with zero attached hydrogens (tertiary/aromatic N) is 1. The van der Waals surface area contributed by atoms with Crippen molar-refractivity contribution in [2.75, 3.05) is 6.54 Å². The highest BCUT2D eigenvalue weighted by Crippen LogP contribution is 2.20. The zero-order valence-corrected chi connectivity index (χ0v) is 7.25. The van der Waals surface area contributed by atoms with Crippen LogP contribution in [0.1, 0.15) is 37.4 Å². The van der Waals surface area contributed by atoms with Crippen molar-refractivity contribution >= 4 is 0 Å². The van der Waals surface area contributed by atoms with E-state index in [0.717, 1.165) is 0 Å². The Morgan fingerprint density at radius 1 is 1.67 bits per heavy atom. The molecule has 1 aromatic rings. The number of aromatic nitrogens is 1. The number of halogens is 1. The maximum absolute atomic E-state index is 12.9. The van der Waals surface area contributed by atoms with Gasteiger partial charge in [0, 0.05) is 18.5 Å². The lowest BCUT2D eigenvalue weighted by molar-refractivity contribution is 0.311. The molecule has 1 atom stereocenters. The van der Waals surface area contributed by atoms with Crippen molar-refractivity contribution in [1.82, 2.24) is 5.16 Å². The highest BCUT2D eigenvalue weighted by molar-refractivity contribution is 5.11. The number of hydrogen-bond donors (Lipinski definition) is 1. The molecule has 3 nitrogen and oxygen atoms in total. The minimum Gasteiger partial charge on any atom is -0.361 e. The summed E-state index contributed by atoms with van der Waals surface area (Å²) in [4.78, 5) is 0. The van der Waals surface area contributed by atoms with E-state index in [1.807, 2.05) is 13.8 Å². The molecule has 0 aliphatic heterocycles. The molecule has 12 heavy (non-hydrogen) atoms. The van der Waals surface area contributed by atoms with Crippen molar-refractivity contribution in [2.24, 2.45) is 5.73 Å². The Labute approximate surface area is 70.7 Å². The Hall–Kier alpha value is -0.900. The third-order valence-electron chi connectivity index (χ3n) is 1.64. The van der Waals surface area contributed by atoms with E-state index in [9.17, 15) is 4.39 Å². The van der Waals surface area contributed by atoms with Crippen molar-refractivity contribution in [1.29, 1.82) is 0 Å². The summed E-state index contributed by atoms with van der Waals surface area (Å²) in [7, 11) is 0. The molecule has 1 rings (SSSR count). The summed E-state index contributed by atoms with van der Waals surface area (Å²) in [5.41, 5.74) is 5.43. The van der Waals surface area contributed by atoms with Crippen LogP contribution >= 0.6 is 0 Å². The lowest BCUT2D eigenvalue weighted by atomic mass is 10.1. The van der Waals surface area contributed by atoms with Crippen LogP contribution in [-0.2, 0) is 0 Å². The molecule has 1 heterocycles. The molecule has 4 heteroatoms. The SMILES string of the molecule is CC(C)c1cc(C(F)CN)no1. The summed E-state index contributed by atoms with van der Waals surface area (Å²) < 4.78 is 17.8. The summed E-state index contributed by atoms with van der Waals surface area (Å²) in [5, 5.41) is 3.58. The second-order valence-corrected chi connectivity index (χ2v) is 3.01. The van der Waals surface area contributed by atoms with Gasteiger partial charge in [-0.05, 0) is 0 Å². The maximum atomic E-state index is 12.9. The molecule has 0 aliphatic carbocycles. The third-order valence-corrected chi connectivity index (χ3v) is 1.64. The minimum absolute atomic E-state index is 0.0515. The molecular formula is C8H13FN2O. The molecule has 2 N–H and O–H groups in total. The first kappa shape index (κ1) is 9.19. The van der Waals surface area contributed by atoms with Crippen molar-refractivity contribution in [3.63, 3.8) is 0 Å². The van der Waals surface area contributed by atoms with Gasteiger partial charge in [-0.25, -0.2) is 4.39 Å². The fourth-order valence-corrected chi connectivity index (χ4v) is 0.844. The normalized spacial score (nSPS) is 13.8. The first-order valence-corrected chi connectivity index (χ1v) is 3.95. The standard InChI is InChI=1S/C8H13FN2O/c1-5(2)8-3-7(11-12-8)6(9)4-10/h3,5-6H,4,10H2,1-2H3. The molecule has 0 spiro atoms. The molecule has 1 unspecified atom stereocenters. The Bertz CT molecular complexity index is 247. The van der Waals surface area contributed by atoms with Crippen LogP contribution in [0.3, 0.4) is 0 Å². The van der Waals surface area contributed by atoms with E-state index in [-0.39, 0.29) is 12.5 Å². The molecule has 0 radical (unpaired) electrons. The van der Waals surface area contributed by atoms with Crippen LogP contribution in [0, 0.1) is 0 Å². The predicted molar refractivity (Wildman–Crippen MR) is 43.5 cm³/mol. The Morgan fingerprint density at radius 2 is 2.33 bits per heavy atom. The topological polar surface area (TPSA) is 52.0 Å². The summed E-state index contributed by atoms with van der Waals surface area (Å²) in [5.74, 6) is 0.928. The van der Waals surface area contributed by atoms with E-state index in [4.69, 9.17) is 10.3 Å². The quantitative estimate of drug-likeness (QED) is 0.755. The second-order valence-electron chi connectivity index (χ2n) is 3.01. The van der Waals surface area contributed by atoms with Crippen LogP contribution in [0.5, 0.6) is 0 Å². The van der Waals surface area contributed by atoms with Crippen molar-refractivity contribution < 1.29 is 8.91 Å². The van der Waals surface area contributed by atoms with Crippen LogP contribution in [-0.4, -0.2) is 11.7 Å². The zero-order valence-electron chi connectivity index (χ0n) is 7.25. The molecule has 0 bridgehead atoms. The van der Waals surface area contributed by atoms with Crippen molar-refractivity contribution in [3.05, 3.63) is 17.5 Å². The first-order valence-electron chi connectivity index (χ1n) is 3.95. The molecule has 0 aliphatic rings. The van der Waals surface area contributed by atoms with Crippen LogP contribution < -0.4 is 5.73 Å². The molecular weight excluding hydrogens is 159 g/mol. The van der Waals surface area contributed by atoms with Gasteiger partial charge in [-0.2, -0.15) is 0 Å². The molecule has 0 saturated carbocycles. The van der Waals surface area contributed by atoms with Gasteiger partial charge < -0.3 is 10.3 Å². The fourth-order valence-electron chi connectivity index (χ4n) is 0.844. The monoisotopic (exact) mass is 172 g/mol. The average molecular weight is 172 g/mol. The number of rotatable bonds is 3. The van der Waals surface area contributed by atoms with Crippen LogP contribution in [0.15, 0.2) is 10.6 Å². The van der Waals surface area contributed by atoms with Gasteiger partial charge in [-0.3, -0.25) is 0 Å². The molecule has 0 aromatic carbocycles.